The Balaban J connectivity index is 1.46. The fourth-order valence-electron chi connectivity index (χ4n) is 6.22. The molecule has 0 N–H and O–H groups in total. The van der Waals surface area contributed by atoms with Gasteiger partial charge < -0.3 is 14.2 Å². The zero-order valence-electron chi connectivity index (χ0n) is 20.6. The monoisotopic (exact) mass is 488 g/mol. The molecule has 0 saturated heterocycles. The van der Waals surface area contributed by atoms with E-state index < -0.39 is 5.41 Å². The van der Waals surface area contributed by atoms with Crippen LogP contribution in [0.5, 0.6) is 17.2 Å². The summed E-state index contributed by atoms with van der Waals surface area (Å²) in [6.07, 6.45) is 0. The van der Waals surface area contributed by atoms with Crippen LogP contribution < -0.4 is 18.7 Å². The van der Waals surface area contributed by atoms with E-state index in [2.05, 4.69) is 43.3 Å². The van der Waals surface area contributed by atoms with Crippen molar-refractivity contribution < 1.29 is 19.0 Å². The van der Waals surface area contributed by atoms with E-state index in [1.165, 1.54) is 5.56 Å². The second-order valence-corrected chi connectivity index (χ2v) is 10.2. The lowest BCUT2D eigenvalue weighted by atomic mass is 9.77. The SMILES string of the molecule is [CH]c1cccc(C[N+]2(Cc3ccc(C)cc3)C(=O)C3(COc4cc5c(cc43)OCO5)c3ccccc32)c1. The van der Waals surface area contributed by atoms with Gasteiger partial charge in [0.25, 0.3) is 0 Å². The van der Waals surface area contributed by atoms with Crippen LogP contribution >= 0.6 is 0 Å². The fourth-order valence-corrected chi connectivity index (χ4v) is 6.22. The minimum absolute atomic E-state index is 0.0920. The van der Waals surface area contributed by atoms with E-state index >= 15 is 4.79 Å². The number of hydrogen-bond donors (Lipinski definition) is 0. The van der Waals surface area contributed by atoms with E-state index in [0.29, 0.717) is 35.9 Å². The van der Waals surface area contributed by atoms with Crippen molar-refractivity contribution in [1.82, 2.24) is 4.48 Å². The molecule has 2 atom stereocenters. The van der Waals surface area contributed by atoms with Crippen LogP contribution in [-0.4, -0.2) is 19.3 Å². The molecule has 4 aromatic carbocycles. The lowest BCUT2D eigenvalue weighted by molar-refractivity contribution is -0.134. The average Bonchev–Trinajstić information content (AvgIpc) is 3.57. The summed E-state index contributed by atoms with van der Waals surface area (Å²) < 4.78 is 17.7. The highest BCUT2D eigenvalue weighted by Gasteiger charge is 2.66. The van der Waals surface area contributed by atoms with E-state index in [1.807, 2.05) is 48.5 Å². The largest absolute Gasteiger partial charge is 0.491 e. The smallest absolute Gasteiger partial charge is 0.338 e. The van der Waals surface area contributed by atoms with E-state index in [4.69, 9.17) is 21.1 Å². The summed E-state index contributed by atoms with van der Waals surface area (Å²) in [5.74, 6) is 2.06. The number of nitrogens with zero attached hydrogens (tertiary/aromatic N) is 1. The van der Waals surface area contributed by atoms with E-state index in [9.17, 15) is 0 Å². The van der Waals surface area contributed by atoms with Gasteiger partial charge in [0.15, 0.2) is 16.9 Å². The first-order valence-electron chi connectivity index (χ1n) is 12.5. The molecule has 1 spiro atoms. The number of hydrogen-bond acceptors (Lipinski definition) is 4. The van der Waals surface area contributed by atoms with Crippen molar-refractivity contribution >= 4 is 11.6 Å². The molecule has 3 aliphatic heterocycles. The number of benzene rings is 4. The van der Waals surface area contributed by atoms with Crippen LogP contribution in [0.1, 0.15) is 33.4 Å². The Morgan fingerprint density at radius 3 is 2.35 bits per heavy atom. The number of rotatable bonds is 4. The molecule has 0 aromatic heterocycles. The van der Waals surface area contributed by atoms with Crippen molar-refractivity contribution in [2.24, 2.45) is 0 Å². The third kappa shape index (κ3) is 3.17. The highest BCUT2D eigenvalue weighted by atomic mass is 16.7. The number of quaternary nitrogens is 1. The van der Waals surface area contributed by atoms with Crippen molar-refractivity contribution in [2.75, 3.05) is 13.4 Å². The maximum Gasteiger partial charge on any atom is 0.338 e. The minimum Gasteiger partial charge on any atom is -0.491 e. The van der Waals surface area contributed by atoms with Gasteiger partial charge >= 0.3 is 5.91 Å². The van der Waals surface area contributed by atoms with Gasteiger partial charge in [0.2, 0.25) is 6.79 Å². The Labute approximate surface area is 216 Å². The molecule has 1 amide bonds. The number of ether oxygens (including phenoxy) is 3. The zero-order chi connectivity index (χ0) is 25.2. The van der Waals surface area contributed by atoms with Crippen LogP contribution in [0.2, 0.25) is 0 Å². The number of carbonyl (C=O) groups is 1. The maximum absolute atomic E-state index is 15.1. The highest BCUT2D eigenvalue weighted by Crippen LogP contribution is 2.58. The van der Waals surface area contributed by atoms with Crippen molar-refractivity contribution in [2.45, 2.75) is 25.4 Å². The third-order valence-corrected chi connectivity index (χ3v) is 7.93. The molecule has 0 saturated carbocycles. The summed E-state index contributed by atoms with van der Waals surface area (Å²) in [7, 11) is 0. The predicted octanol–water partition coefficient (Wildman–Crippen LogP) is 5.71. The quantitative estimate of drug-likeness (QED) is 0.345. The van der Waals surface area contributed by atoms with Crippen LogP contribution in [-0.2, 0) is 23.3 Å². The number of aryl methyl sites for hydroxylation is 1. The van der Waals surface area contributed by atoms with Crippen LogP contribution in [0.25, 0.3) is 0 Å². The number of amides is 1. The summed E-state index contributed by atoms with van der Waals surface area (Å²) in [4.78, 5) is 15.1. The molecule has 5 heteroatoms. The Hall–Kier alpha value is -4.09. The predicted molar refractivity (Wildman–Crippen MR) is 141 cm³/mol. The summed E-state index contributed by atoms with van der Waals surface area (Å²) in [6, 6.07) is 28.2. The highest BCUT2D eigenvalue weighted by molar-refractivity contribution is 6.08. The van der Waals surface area contributed by atoms with Gasteiger partial charge in [0.1, 0.15) is 31.1 Å². The molecular formula is C32H26NO4+. The van der Waals surface area contributed by atoms with E-state index in [0.717, 1.165) is 27.9 Å². The van der Waals surface area contributed by atoms with Gasteiger partial charge in [-0.05, 0) is 37.6 Å². The van der Waals surface area contributed by atoms with Gasteiger partial charge in [-0.25, -0.2) is 9.28 Å². The summed E-state index contributed by atoms with van der Waals surface area (Å²) in [5.41, 5.74) is 5.84. The van der Waals surface area contributed by atoms with Gasteiger partial charge in [-0.1, -0.05) is 66.2 Å². The van der Waals surface area contributed by atoms with Crippen LogP contribution in [0.15, 0.2) is 84.9 Å². The van der Waals surface area contributed by atoms with E-state index in [1.54, 1.807) is 0 Å². The number of carbonyl (C=O) groups excluding carboxylic acids is 1. The summed E-state index contributed by atoms with van der Waals surface area (Å²) in [5, 5.41) is 0. The molecule has 2 unspecified atom stereocenters. The first kappa shape index (κ1) is 22.1. The first-order valence-corrected chi connectivity index (χ1v) is 12.5. The molecule has 2 radical (unpaired) electrons. The third-order valence-electron chi connectivity index (χ3n) is 7.93. The zero-order valence-corrected chi connectivity index (χ0v) is 20.6. The topological polar surface area (TPSA) is 44.8 Å². The lowest BCUT2D eigenvalue weighted by Gasteiger charge is -2.34. The molecule has 0 bridgehead atoms. The minimum atomic E-state index is -0.946. The molecule has 0 aliphatic carbocycles. The maximum atomic E-state index is 15.1. The number of para-hydroxylation sites is 1. The van der Waals surface area contributed by atoms with E-state index in [-0.39, 0.29) is 23.8 Å². The molecule has 182 valence electrons. The standard InChI is InChI=1S/C32H26NO4/c1-21-10-12-23(13-11-21)17-33(18-24-7-5-6-22(2)14-24)27-9-4-3-8-25(27)32(31(33)34)19-35-28-16-30-29(15-26(28)32)36-20-37-30/h2-16H,17-20H2,1H3/q+1. The normalized spacial score (nSPS) is 22.7. The van der Waals surface area contributed by atoms with Crippen LogP contribution in [0, 0.1) is 13.8 Å². The molecule has 3 aliphatic rings. The van der Waals surface area contributed by atoms with Crippen LogP contribution in [0.4, 0.5) is 5.69 Å². The second-order valence-electron chi connectivity index (χ2n) is 10.2. The van der Waals surface area contributed by atoms with Gasteiger partial charge in [0, 0.05) is 28.3 Å². The van der Waals surface area contributed by atoms with Crippen molar-refractivity contribution in [3.63, 3.8) is 0 Å². The van der Waals surface area contributed by atoms with Gasteiger partial charge in [-0.15, -0.1) is 0 Å². The fraction of sp³-hybridized carbons (Fsp3) is 0.188. The molecule has 4 aromatic rings. The molecule has 7 rings (SSSR count). The molecular weight excluding hydrogens is 462 g/mol. The Morgan fingerprint density at radius 2 is 1.54 bits per heavy atom. The Kier molecular flexibility index (Phi) is 4.76. The van der Waals surface area contributed by atoms with Gasteiger partial charge in [0.05, 0.1) is 0 Å². The molecule has 0 fully saturated rings. The molecule has 3 heterocycles. The summed E-state index contributed by atoms with van der Waals surface area (Å²) >= 11 is 0. The lowest BCUT2D eigenvalue weighted by Crippen LogP contribution is -2.56. The van der Waals surface area contributed by atoms with Crippen LogP contribution in [0.3, 0.4) is 0 Å². The Morgan fingerprint density at radius 1 is 0.784 bits per heavy atom. The second kappa shape index (κ2) is 7.95. The van der Waals surface area contributed by atoms with Gasteiger partial charge in [-0.3, -0.25) is 0 Å². The number of fused-ring (bicyclic) bond motifs is 5. The average molecular weight is 489 g/mol. The molecule has 5 nitrogen and oxygen atoms in total. The first-order chi connectivity index (χ1) is 18.0. The van der Waals surface area contributed by atoms with Crippen molar-refractivity contribution in [3.05, 3.63) is 125 Å². The van der Waals surface area contributed by atoms with Crippen molar-refractivity contribution in [3.8, 4) is 17.2 Å². The van der Waals surface area contributed by atoms with Crippen molar-refractivity contribution in [1.29, 1.82) is 0 Å². The van der Waals surface area contributed by atoms with Gasteiger partial charge in [-0.2, -0.15) is 0 Å². The molecule has 37 heavy (non-hydrogen) atoms. The summed E-state index contributed by atoms with van der Waals surface area (Å²) in [6.45, 7) is 9.65. The Bertz CT molecular complexity index is 1560.